The molecule has 120 valence electrons. The summed E-state index contributed by atoms with van der Waals surface area (Å²) in [5, 5.41) is 22.0. The molecule has 1 unspecified atom stereocenters. The van der Waals surface area contributed by atoms with Crippen molar-refractivity contribution in [1.82, 2.24) is 5.32 Å². The predicted octanol–water partition coefficient (Wildman–Crippen LogP) is 2.14. The second-order valence-corrected chi connectivity index (χ2v) is 5.40. The van der Waals surface area contributed by atoms with E-state index in [1.807, 2.05) is 0 Å². The molecule has 0 aliphatic rings. The first kappa shape index (κ1) is 17.6. The van der Waals surface area contributed by atoms with Crippen LogP contribution in [0.4, 0.5) is 5.69 Å². The lowest BCUT2D eigenvalue weighted by Crippen LogP contribution is -2.44. The van der Waals surface area contributed by atoms with Crippen molar-refractivity contribution >= 4 is 17.6 Å². The largest absolute Gasteiger partial charge is 0.480 e. The van der Waals surface area contributed by atoms with E-state index in [1.54, 1.807) is 26.0 Å². The molecule has 0 saturated heterocycles. The van der Waals surface area contributed by atoms with E-state index in [0.717, 1.165) is 5.56 Å². The van der Waals surface area contributed by atoms with Gasteiger partial charge in [-0.05, 0) is 24.3 Å². The van der Waals surface area contributed by atoms with Gasteiger partial charge >= 0.3 is 5.97 Å². The number of carboxylic acids is 1. The minimum atomic E-state index is -1.04. The summed E-state index contributed by atoms with van der Waals surface area (Å²) in [6, 6.07) is 5.28. The van der Waals surface area contributed by atoms with E-state index >= 15 is 0 Å². The minimum Gasteiger partial charge on any atom is -0.480 e. The van der Waals surface area contributed by atoms with Crippen LogP contribution < -0.4 is 5.32 Å². The Hall–Kier alpha value is -2.44. The van der Waals surface area contributed by atoms with Crippen molar-refractivity contribution in [2.45, 2.75) is 39.2 Å². The fraction of sp³-hybridized carbons (Fsp3) is 0.467. The summed E-state index contributed by atoms with van der Waals surface area (Å²) in [6.45, 7) is 3.46. The molecule has 0 heterocycles. The molecule has 0 aliphatic heterocycles. The van der Waals surface area contributed by atoms with E-state index in [4.69, 9.17) is 5.11 Å². The molecule has 0 bridgehead atoms. The first-order chi connectivity index (χ1) is 10.3. The molecule has 22 heavy (non-hydrogen) atoms. The average molecular weight is 308 g/mol. The van der Waals surface area contributed by atoms with E-state index in [-0.39, 0.29) is 23.9 Å². The normalized spacial score (nSPS) is 12.0. The van der Waals surface area contributed by atoms with Crippen molar-refractivity contribution in [2.75, 3.05) is 0 Å². The Morgan fingerprint density at radius 1 is 1.27 bits per heavy atom. The number of non-ortho nitro benzene ring substituents is 1. The molecular formula is C15H20N2O5. The molecule has 1 atom stereocenters. The van der Waals surface area contributed by atoms with Crippen LogP contribution in [0.15, 0.2) is 24.3 Å². The maximum Gasteiger partial charge on any atom is 0.326 e. The highest BCUT2D eigenvalue weighted by atomic mass is 16.6. The van der Waals surface area contributed by atoms with Crippen LogP contribution in [0.2, 0.25) is 0 Å². The highest BCUT2D eigenvalue weighted by Gasteiger charge is 2.22. The quantitative estimate of drug-likeness (QED) is 0.565. The summed E-state index contributed by atoms with van der Waals surface area (Å²) >= 11 is 0. The number of carbonyl (C=O) groups excluding carboxylic acids is 1. The zero-order valence-corrected chi connectivity index (χ0v) is 12.6. The van der Waals surface area contributed by atoms with Crippen LogP contribution in [0.1, 0.15) is 32.3 Å². The van der Waals surface area contributed by atoms with Gasteiger partial charge < -0.3 is 10.4 Å². The molecule has 0 aromatic heterocycles. The monoisotopic (exact) mass is 308 g/mol. The molecule has 0 fully saturated rings. The number of nitro benzene ring substituents is 1. The van der Waals surface area contributed by atoms with Crippen molar-refractivity contribution in [3.05, 3.63) is 39.9 Å². The Bertz CT molecular complexity index is 539. The van der Waals surface area contributed by atoms with Crippen molar-refractivity contribution in [3.8, 4) is 0 Å². The maximum atomic E-state index is 11.7. The van der Waals surface area contributed by atoms with E-state index < -0.39 is 16.9 Å². The lowest BCUT2D eigenvalue weighted by Gasteiger charge is -2.17. The van der Waals surface area contributed by atoms with Crippen molar-refractivity contribution in [3.63, 3.8) is 0 Å². The maximum absolute atomic E-state index is 11.7. The van der Waals surface area contributed by atoms with Crippen molar-refractivity contribution < 1.29 is 19.6 Å². The third kappa shape index (κ3) is 5.51. The number of hydrogen-bond acceptors (Lipinski definition) is 4. The molecule has 0 spiro atoms. The van der Waals surface area contributed by atoms with Crippen molar-refractivity contribution in [2.24, 2.45) is 5.92 Å². The fourth-order valence-corrected chi connectivity index (χ4v) is 2.00. The van der Waals surface area contributed by atoms with Gasteiger partial charge in [0.15, 0.2) is 0 Å². The number of carbonyl (C=O) groups is 2. The topological polar surface area (TPSA) is 110 Å². The predicted molar refractivity (Wildman–Crippen MR) is 80.4 cm³/mol. The van der Waals surface area contributed by atoms with Gasteiger partial charge in [0, 0.05) is 18.6 Å². The van der Waals surface area contributed by atoms with Gasteiger partial charge in [0.05, 0.1) is 4.92 Å². The standard InChI is InChI=1S/C15H20N2O5/c1-10(2)14(15(19)20)16-13(18)5-3-4-11-6-8-12(9-7-11)17(21)22/h6-10,14H,3-5H2,1-2H3,(H,16,18)(H,19,20). The minimum absolute atomic E-state index is 0.0303. The summed E-state index contributed by atoms with van der Waals surface area (Å²) in [5.41, 5.74) is 0.930. The summed E-state index contributed by atoms with van der Waals surface area (Å²) in [6.07, 6.45) is 1.37. The smallest absolute Gasteiger partial charge is 0.326 e. The van der Waals surface area contributed by atoms with Gasteiger partial charge in [-0.25, -0.2) is 4.79 Å². The molecule has 1 aromatic rings. The van der Waals surface area contributed by atoms with Gasteiger partial charge in [-0.1, -0.05) is 26.0 Å². The van der Waals surface area contributed by atoms with Gasteiger partial charge in [-0.2, -0.15) is 0 Å². The number of rotatable bonds is 8. The zero-order valence-electron chi connectivity index (χ0n) is 12.6. The molecule has 7 nitrogen and oxygen atoms in total. The summed E-state index contributed by atoms with van der Waals surface area (Å²) in [4.78, 5) is 32.8. The highest BCUT2D eigenvalue weighted by Crippen LogP contribution is 2.13. The van der Waals surface area contributed by atoms with Gasteiger partial charge in [-0.3, -0.25) is 14.9 Å². The first-order valence-corrected chi connectivity index (χ1v) is 7.06. The van der Waals surface area contributed by atoms with E-state index in [1.165, 1.54) is 12.1 Å². The molecule has 0 radical (unpaired) electrons. The Labute approximate surface area is 128 Å². The number of aryl methyl sites for hydroxylation is 1. The van der Waals surface area contributed by atoms with Crippen LogP contribution in [-0.4, -0.2) is 27.9 Å². The second-order valence-electron chi connectivity index (χ2n) is 5.40. The molecule has 0 aliphatic carbocycles. The van der Waals surface area contributed by atoms with E-state index in [0.29, 0.717) is 12.8 Å². The number of aliphatic carboxylic acids is 1. The Morgan fingerprint density at radius 2 is 1.86 bits per heavy atom. The van der Waals surface area contributed by atoms with Gasteiger partial charge in [0.1, 0.15) is 6.04 Å². The van der Waals surface area contributed by atoms with Crippen LogP contribution >= 0.6 is 0 Å². The Balaban J connectivity index is 2.41. The third-order valence-electron chi connectivity index (χ3n) is 3.27. The number of carboxylic acid groups (broad SMARTS) is 1. The first-order valence-electron chi connectivity index (χ1n) is 7.06. The Kier molecular flexibility index (Phi) is 6.49. The molecule has 7 heteroatoms. The van der Waals surface area contributed by atoms with Crippen LogP contribution in [-0.2, 0) is 16.0 Å². The molecule has 0 saturated carbocycles. The summed E-state index contributed by atoms with van der Waals surface area (Å²) < 4.78 is 0. The van der Waals surface area contributed by atoms with Crippen LogP contribution in [0, 0.1) is 16.0 Å². The number of hydrogen-bond donors (Lipinski definition) is 2. The average Bonchev–Trinajstić information content (AvgIpc) is 2.44. The number of nitro groups is 1. The number of benzene rings is 1. The summed E-state index contributed by atoms with van der Waals surface area (Å²) in [5.74, 6) is -1.53. The third-order valence-corrected chi connectivity index (χ3v) is 3.27. The van der Waals surface area contributed by atoms with Gasteiger partial charge in [0.2, 0.25) is 5.91 Å². The fourth-order valence-electron chi connectivity index (χ4n) is 2.00. The van der Waals surface area contributed by atoms with E-state index in [9.17, 15) is 19.7 Å². The number of amides is 1. The lowest BCUT2D eigenvalue weighted by molar-refractivity contribution is -0.384. The molecule has 2 N–H and O–H groups in total. The van der Waals surface area contributed by atoms with Gasteiger partial charge in [-0.15, -0.1) is 0 Å². The van der Waals surface area contributed by atoms with Crippen molar-refractivity contribution in [1.29, 1.82) is 0 Å². The van der Waals surface area contributed by atoms with Crippen LogP contribution in [0.25, 0.3) is 0 Å². The molecule has 1 rings (SSSR count). The lowest BCUT2D eigenvalue weighted by atomic mass is 10.0. The van der Waals surface area contributed by atoms with Crippen LogP contribution in [0.5, 0.6) is 0 Å². The van der Waals surface area contributed by atoms with Gasteiger partial charge in [0.25, 0.3) is 5.69 Å². The van der Waals surface area contributed by atoms with E-state index in [2.05, 4.69) is 5.32 Å². The molecule has 1 amide bonds. The number of nitrogens with one attached hydrogen (secondary N) is 1. The van der Waals surface area contributed by atoms with Crippen LogP contribution in [0.3, 0.4) is 0 Å². The number of nitrogens with zero attached hydrogens (tertiary/aromatic N) is 1. The summed E-state index contributed by atoms with van der Waals surface area (Å²) in [7, 11) is 0. The molecule has 1 aromatic carbocycles. The second kappa shape index (κ2) is 8.11. The SMILES string of the molecule is CC(C)C(NC(=O)CCCc1ccc([N+](=O)[O-])cc1)C(=O)O. The molecular weight excluding hydrogens is 288 g/mol. The Morgan fingerprint density at radius 3 is 2.32 bits per heavy atom. The zero-order chi connectivity index (χ0) is 16.7. The highest BCUT2D eigenvalue weighted by molar-refractivity contribution is 5.83.